The Morgan fingerprint density at radius 3 is 2.66 bits per heavy atom. The molecule has 0 saturated heterocycles. The van der Waals surface area contributed by atoms with Crippen LogP contribution >= 0.6 is 11.3 Å². The van der Waals surface area contributed by atoms with E-state index in [0.29, 0.717) is 12.4 Å². The van der Waals surface area contributed by atoms with E-state index in [9.17, 15) is 4.79 Å². The molecule has 6 rings (SSSR count). The van der Waals surface area contributed by atoms with Crippen molar-refractivity contribution < 1.29 is 4.79 Å². The molecule has 2 aromatic carbocycles. The molecule has 0 bridgehead atoms. The second-order valence-corrected chi connectivity index (χ2v) is 10.6. The minimum atomic E-state index is -0.0543. The number of hydrogen-bond donors (Lipinski definition) is 3. The lowest BCUT2D eigenvalue weighted by atomic mass is 10.1. The van der Waals surface area contributed by atoms with Gasteiger partial charge in [0, 0.05) is 34.2 Å². The van der Waals surface area contributed by atoms with Crippen molar-refractivity contribution in [2.45, 2.75) is 12.8 Å². The summed E-state index contributed by atoms with van der Waals surface area (Å²) in [6.45, 7) is 0.935. The topological polar surface area (TPSA) is 96.2 Å². The number of likely N-dealkylation sites (N-methyl/N-ethyl adjacent to an activating group) is 1. The molecule has 9 heteroatoms. The molecule has 1 amide bonds. The molecule has 4 aromatic heterocycles. The van der Waals surface area contributed by atoms with Crippen LogP contribution in [0.25, 0.3) is 28.3 Å². The van der Waals surface area contributed by atoms with Gasteiger partial charge in [-0.15, -0.1) is 11.3 Å². The predicted molar refractivity (Wildman–Crippen MR) is 166 cm³/mol. The average Bonchev–Trinajstić information content (AvgIpc) is 3.65. The fourth-order valence-corrected chi connectivity index (χ4v) is 5.37. The summed E-state index contributed by atoms with van der Waals surface area (Å²) in [7, 11) is 1.96. The van der Waals surface area contributed by atoms with Gasteiger partial charge >= 0.3 is 0 Å². The van der Waals surface area contributed by atoms with Crippen molar-refractivity contribution in [2.75, 3.05) is 24.2 Å². The van der Waals surface area contributed by atoms with Gasteiger partial charge in [-0.05, 0) is 79.5 Å². The lowest BCUT2D eigenvalue weighted by molar-refractivity contribution is -0.115. The monoisotopic (exact) mass is 559 g/mol. The molecule has 0 aliphatic heterocycles. The van der Waals surface area contributed by atoms with E-state index in [1.54, 1.807) is 17.5 Å². The molecule has 0 fully saturated rings. The van der Waals surface area contributed by atoms with Gasteiger partial charge in [0.25, 0.3) is 0 Å². The molecule has 0 saturated carbocycles. The van der Waals surface area contributed by atoms with Crippen LogP contribution in [0.3, 0.4) is 0 Å². The number of pyridine rings is 1. The standard InChI is InChI=1S/C32H29N7OS/c1-33-16-14-22-10-12-24(13-11-22)36-32-34-17-15-27(37-32)31-30(38-28-9-2-3-18-39(28)31)23-6-4-7-25(20-23)35-29(40)21-26-8-5-19-41-26/h2-13,15,17-20,33H,14,16,21H2,1H3,(H,35,40)(H,34,36,37). The van der Waals surface area contributed by atoms with Crippen molar-refractivity contribution in [1.82, 2.24) is 24.7 Å². The third-order valence-corrected chi connectivity index (χ3v) is 7.51. The second kappa shape index (κ2) is 12.1. The fourth-order valence-electron chi connectivity index (χ4n) is 4.67. The van der Waals surface area contributed by atoms with Crippen LogP contribution in [-0.4, -0.2) is 38.9 Å². The van der Waals surface area contributed by atoms with E-state index < -0.39 is 0 Å². The number of amides is 1. The van der Waals surface area contributed by atoms with Gasteiger partial charge in [-0.2, -0.15) is 0 Å². The number of carbonyl (C=O) groups is 1. The highest BCUT2D eigenvalue weighted by Crippen LogP contribution is 2.33. The number of aromatic nitrogens is 4. The van der Waals surface area contributed by atoms with Crippen molar-refractivity contribution in [2.24, 2.45) is 0 Å². The normalized spacial score (nSPS) is 11.0. The van der Waals surface area contributed by atoms with Crippen LogP contribution in [0.1, 0.15) is 10.4 Å². The van der Waals surface area contributed by atoms with Crippen LogP contribution in [0.5, 0.6) is 0 Å². The Balaban J connectivity index is 1.31. The number of fused-ring (bicyclic) bond motifs is 1. The van der Waals surface area contributed by atoms with Gasteiger partial charge in [0.2, 0.25) is 11.9 Å². The Kier molecular flexibility index (Phi) is 7.79. The fraction of sp³-hybridized carbons (Fsp3) is 0.125. The number of benzene rings is 2. The number of anilines is 3. The highest BCUT2D eigenvalue weighted by atomic mass is 32.1. The summed E-state index contributed by atoms with van der Waals surface area (Å²) < 4.78 is 2.03. The molecule has 0 spiro atoms. The highest BCUT2D eigenvalue weighted by molar-refractivity contribution is 7.10. The summed E-state index contributed by atoms with van der Waals surface area (Å²) >= 11 is 1.58. The maximum atomic E-state index is 12.7. The van der Waals surface area contributed by atoms with Crippen LogP contribution in [0.2, 0.25) is 0 Å². The first kappa shape index (κ1) is 26.4. The van der Waals surface area contributed by atoms with Gasteiger partial charge in [-0.1, -0.05) is 36.4 Å². The Labute approximate surface area is 242 Å². The molecule has 204 valence electrons. The molecule has 4 heterocycles. The average molecular weight is 560 g/mol. The van der Waals surface area contributed by atoms with E-state index in [-0.39, 0.29) is 5.91 Å². The molecule has 0 unspecified atom stereocenters. The molecular formula is C32H29N7OS. The molecule has 3 N–H and O–H groups in total. The minimum absolute atomic E-state index is 0.0543. The molecule has 8 nitrogen and oxygen atoms in total. The molecule has 0 aliphatic carbocycles. The van der Waals surface area contributed by atoms with E-state index in [1.165, 1.54) is 5.56 Å². The lowest BCUT2D eigenvalue weighted by Crippen LogP contribution is -2.13. The van der Waals surface area contributed by atoms with E-state index in [1.807, 2.05) is 95.8 Å². The van der Waals surface area contributed by atoms with Gasteiger partial charge in [0.15, 0.2) is 0 Å². The van der Waals surface area contributed by atoms with Gasteiger partial charge in [-0.25, -0.2) is 15.0 Å². The second-order valence-electron chi connectivity index (χ2n) is 9.56. The number of rotatable bonds is 10. The SMILES string of the molecule is CNCCc1ccc(Nc2nccc(-c3c(-c4cccc(NC(=O)Cc5cccs5)c4)nc4ccccn34)n2)cc1. The van der Waals surface area contributed by atoms with E-state index in [0.717, 1.165) is 57.5 Å². The zero-order valence-electron chi connectivity index (χ0n) is 22.5. The number of nitrogens with zero attached hydrogens (tertiary/aromatic N) is 4. The quantitative estimate of drug-likeness (QED) is 0.185. The van der Waals surface area contributed by atoms with Crippen LogP contribution in [0, 0.1) is 0 Å². The summed E-state index contributed by atoms with van der Waals surface area (Å²) in [6.07, 6.45) is 5.04. The number of carbonyl (C=O) groups excluding carboxylic acids is 1. The summed E-state index contributed by atoms with van der Waals surface area (Å²) in [5.74, 6) is 0.443. The maximum absolute atomic E-state index is 12.7. The summed E-state index contributed by atoms with van der Waals surface area (Å²) in [5.41, 5.74) is 6.92. The van der Waals surface area contributed by atoms with Crippen LogP contribution < -0.4 is 16.0 Å². The Morgan fingerprint density at radius 2 is 1.83 bits per heavy atom. The number of nitrogens with one attached hydrogen (secondary N) is 3. The molecule has 0 atom stereocenters. The number of thiophene rings is 1. The van der Waals surface area contributed by atoms with Crippen molar-refractivity contribution in [3.8, 4) is 22.6 Å². The first-order valence-electron chi connectivity index (χ1n) is 13.4. The minimum Gasteiger partial charge on any atom is -0.326 e. The summed E-state index contributed by atoms with van der Waals surface area (Å²) in [5, 5.41) is 11.5. The molecule has 6 aromatic rings. The highest BCUT2D eigenvalue weighted by Gasteiger charge is 2.18. The Bertz CT molecular complexity index is 1780. The van der Waals surface area contributed by atoms with Gasteiger partial charge in [0.1, 0.15) is 5.65 Å². The van der Waals surface area contributed by atoms with Gasteiger partial charge in [-0.3, -0.25) is 9.20 Å². The Hall–Kier alpha value is -4.86. The van der Waals surface area contributed by atoms with Crippen molar-refractivity contribution in [3.63, 3.8) is 0 Å². The predicted octanol–water partition coefficient (Wildman–Crippen LogP) is 6.21. The van der Waals surface area contributed by atoms with E-state index in [4.69, 9.17) is 9.97 Å². The zero-order chi connectivity index (χ0) is 28.0. The third-order valence-electron chi connectivity index (χ3n) is 6.64. The van der Waals surface area contributed by atoms with Gasteiger partial charge < -0.3 is 16.0 Å². The number of imidazole rings is 1. The zero-order valence-corrected chi connectivity index (χ0v) is 23.4. The van der Waals surface area contributed by atoms with Gasteiger partial charge in [0.05, 0.1) is 23.5 Å². The summed E-state index contributed by atoms with van der Waals surface area (Å²) in [4.78, 5) is 28.0. The van der Waals surface area contributed by atoms with Crippen LogP contribution in [0.15, 0.2) is 103 Å². The van der Waals surface area contributed by atoms with Crippen molar-refractivity contribution >= 4 is 40.2 Å². The largest absolute Gasteiger partial charge is 0.326 e. The van der Waals surface area contributed by atoms with E-state index >= 15 is 0 Å². The van der Waals surface area contributed by atoms with E-state index in [2.05, 4.69) is 33.1 Å². The van der Waals surface area contributed by atoms with Crippen molar-refractivity contribution in [1.29, 1.82) is 0 Å². The van der Waals surface area contributed by atoms with Crippen molar-refractivity contribution in [3.05, 3.63) is 113 Å². The molecule has 41 heavy (non-hydrogen) atoms. The Morgan fingerprint density at radius 1 is 0.927 bits per heavy atom. The summed E-state index contributed by atoms with van der Waals surface area (Å²) in [6, 6.07) is 27.8. The molecular weight excluding hydrogens is 530 g/mol. The maximum Gasteiger partial charge on any atom is 0.229 e. The van der Waals surface area contributed by atoms with Crippen LogP contribution in [0.4, 0.5) is 17.3 Å². The first-order valence-corrected chi connectivity index (χ1v) is 14.3. The van der Waals surface area contributed by atoms with Crippen LogP contribution in [-0.2, 0) is 17.6 Å². The lowest BCUT2D eigenvalue weighted by Gasteiger charge is -2.10. The molecule has 0 aliphatic rings. The molecule has 0 radical (unpaired) electrons. The third kappa shape index (κ3) is 6.16. The number of hydrogen-bond acceptors (Lipinski definition) is 7. The smallest absolute Gasteiger partial charge is 0.229 e. The first-order chi connectivity index (χ1) is 20.2.